The summed E-state index contributed by atoms with van der Waals surface area (Å²) in [5, 5.41) is 6.34. The molecule has 0 saturated heterocycles. The highest BCUT2D eigenvalue weighted by Crippen LogP contribution is 2.27. The topological polar surface area (TPSA) is 50.2 Å². The fourth-order valence-corrected chi connectivity index (χ4v) is 2.64. The lowest BCUT2D eigenvalue weighted by Crippen LogP contribution is -2.32. The summed E-state index contributed by atoms with van der Waals surface area (Å²) in [5.74, 6) is -0.246. The van der Waals surface area contributed by atoms with E-state index in [9.17, 15) is 18.0 Å². The molecule has 0 aliphatic carbocycles. The number of hydrogen-bond donors (Lipinski definition) is 1. The second-order valence-electron chi connectivity index (χ2n) is 6.20. The first-order valence-electron chi connectivity index (χ1n) is 8.62. The van der Waals surface area contributed by atoms with E-state index in [1.807, 2.05) is 42.3 Å². The van der Waals surface area contributed by atoms with Gasteiger partial charge in [0.2, 0.25) is 0 Å². The van der Waals surface area contributed by atoms with Crippen LogP contribution in [0.1, 0.15) is 16.1 Å². The van der Waals surface area contributed by atoms with Crippen molar-refractivity contribution in [3.63, 3.8) is 0 Å². The van der Waals surface area contributed by atoms with Crippen LogP contribution in [0.2, 0.25) is 0 Å². The quantitative estimate of drug-likeness (QED) is 0.700. The first-order valence-corrected chi connectivity index (χ1v) is 8.62. The van der Waals surface area contributed by atoms with Crippen molar-refractivity contribution in [2.24, 2.45) is 0 Å². The minimum atomic E-state index is -4.49. The molecule has 1 heterocycles. The van der Waals surface area contributed by atoms with Crippen LogP contribution < -0.4 is 10.2 Å². The monoisotopic (exact) mass is 388 g/mol. The van der Waals surface area contributed by atoms with Gasteiger partial charge in [0.15, 0.2) is 5.69 Å². The molecule has 8 heteroatoms. The number of halogens is 3. The molecule has 0 saturated carbocycles. The third-order valence-corrected chi connectivity index (χ3v) is 4.20. The zero-order valence-corrected chi connectivity index (χ0v) is 15.1. The van der Waals surface area contributed by atoms with E-state index in [0.29, 0.717) is 24.3 Å². The Hall–Kier alpha value is -3.29. The Morgan fingerprint density at radius 3 is 2.36 bits per heavy atom. The number of carbonyl (C=O) groups is 1. The molecule has 0 unspecified atom stereocenters. The summed E-state index contributed by atoms with van der Waals surface area (Å²) in [6.45, 7) is 1.10. The molecule has 1 aromatic heterocycles. The smallest absolute Gasteiger partial charge is 0.373 e. The molecule has 0 atom stereocenters. The average Bonchev–Trinajstić information content (AvgIpc) is 3.19. The second kappa shape index (κ2) is 8.16. The van der Waals surface area contributed by atoms with Gasteiger partial charge >= 0.3 is 6.18 Å². The van der Waals surface area contributed by atoms with Gasteiger partial charge in [0.25, 0.3) is 5.91 Å². The number of benzene rings is 2. The molecule has 0 aliphatic rings. The molecule has 0 aliphatic heterocycles. The first kappa shape index (κ1) is 19.5. The van der Waals surface area contributed by atoms with Crippen LogP contribution in [0.25, 0.3) is 5.69 Å². The summed E-state index contributed by atoms with van der Waals surface area (Å²) >= 11 is 0. The average molecular weight is 388 g/mol. The highest BCUT2D eigenvalue weighted by atomic mass is 19.4. The van der Waals surface area contributed by atoms with Crippen molar-refractivity contribution < 1.29 is 18.0 Å². The van der Waals surface area contributed by atoms with Gasteiger partial charge in [-0.05, 0) is 42.5 Å². The standard InChI is InChI=1S/C20H19F3N4O/c1-26(16-5-3-2-4-6-16)14-12-24-19(28)15-7-9-17(10-8-15)27-13-11-18(25-27)20(21,22)23/h2-11,13H,12,14H2,1H3,(H,24,28). The molecule has 3 aromatic rings. The van der Waals surface area contributed by atoms with Crippen LogP contribution >= 0.6 is 0 Å². The lowest BCUT2D eigenvalue weighted by atomic mass is 10.2. The molecule has 1 amide bonds. The third kappa shape index (κ3) is 4.70. The second-order valence-corrected chi connectivity index (χ2v) is 6.20. The molecule has 28 heavy (non-hydrogen) atoms. The van der Waals surface area contributed by atoms with Crippen LogP contribution in [0.15, 0.2) is 66.9 Å². The number of rotatable bonds is 6. The Kier molecular flexibility index (Phi) is 5.67. The first-order chi connectivity index (χ1) is 13.3. The Morgan fingerprint density at radius 1 is 1.07 bits per heavy atom. The normalized spacial score (nSPS) is 11.3. The number of carbonyl (C=O) groups excluding carboxylic acids is 1. The SMILES string of the molecule is CN(CCNC(=O)c1ccc(-n2ccc(C(F)(F)F)n2)cc1)c1ccccc1. The van der Waals surface area contributed by atoms with Crippen LogP contribution in [-0.2, 0) is 6.18 Å². The lowest BCUT2D eigenvalue weighted by molar-refractivity contribution is -0.141. The summed E-state index contributed by atoms with van der Waals surface area (Å²) in [4.78, 5) is 14.3. The summed E-state index contributed by atoms with van der Waals surface area (Å²) in [7, 11) is 1.94. The summed E-state index contributed by atoms with van der Waals surface area (Å²) in [6, 6.07) is 16.9. The van der Waals surface area contributed by atoms with E-state index < -0.39 is 11.9 Å². The Bertz CT molecular complexity index is 921. The van der Waals surface area contributed by atoms with E-state index >= 15 is 0 Å². The number of anilines is 1. The number of hydrogen-bond acceptors (Lipinski definition) is 3. The highest BCUT2D eigenvalue weighted by Gasteiger charge is 2.33. The van der Waals surface area contributed by atoms with Gasteiger partial charge in [0.05, 0.1) is 5.69 Å². The van der Waals surface area contributed by atoms with E-state index in [2.05, 4.69) is 10.4 Å². The van der Waals surface area contributed by atoms with Gasteiger partial charge < -0.3 is 10.2 Å². The van der Waals surface area contributed by atoms with Crippen LogP contribution in [0.3, 0.4) is 0 Å². The molecular weight excluding hydrogens is 369 g/mol. The van der Waals surface area contributed by atoms with Gasteiger partial charge in [-0.2, -0.15) is 18.3 Å². The highest BCUT2D eigenvalue weighted by molar-refractivity contribution is 5.94. The molecule has 0 bridgehead atoms. The fraction of sp³-hybridized carbons (Fsp3) is 0.200. The van der Waals surface area contributed by atoms with Gasteiger partial charge in [-0.1, -0.05) is 18.2 Å². The number of likely N-dealkylation sites (N-methyl/N-ethyl adjacent to an activating group) is 1. The molecule has 3 rings (SSSR count). The molecule has 0 fully saturated rings. The van der Waals surface area contributed by atoms with E-state index in [0.717, 1.165) is 16.4 Å². The van der Waals surface area contributed by atoms with Crippen molar-refractivity contribution in [3.05, 3.63) is 78.1 Å². The summed E-state index contributed by atoms with van der Waals surface area (Å²) < 4.78 is 39.0. The number of nitrogens with zero attached hydrogens (tertiary/aromatic N) is 3. The number of para-hydroxylation sites is 1. The van der Waals surface area contributed by atoms with E-state index in [1.54, 1.807) is 24.3 Å². The van der Waals surface area contributed by atoms with Crippen LogP contribution in [0.5, 0.6) is 0 Å². The van der Waals surface area contributed by atoms with Crippen molar-refractivity contribution in [1.82, 2.24) is 15.1 Å². The number of nitrogens with one attached hydrogen (secondary N) is 1. The van der Waals surface area contributed by atoms with Gasteiger partial charge in [0, 0.05) is 37.6 Å². The van der Waals surface area contributed by atoms with Gasteiger partial charge in [-0.3, -0.25) is 4.79 Å². The number of aromatic nitrogens is 2. The third-order valence-electron chi connectivity index (χ3n) is 4.20. The van der Waals surface area contributed by atoms with Gasteiger partial charge in [0.1, 0.15) is 0 Å². The minimum absolute atomic E-state index is 0.246. The van der Waals surface area contributed by atoms with E-state index in [1.165, 1.54) is 6.20 Å². The van der Waals surface area contributed by atoms with Crippen LogP contribution in [0, 0.1) is 0 Å². The molecule has 0 radical (unpaired) electrons. The van der Waals surface area contributed by atoms with Crippen molar-refractivity contribution in [2.75, 3.05) is 25.0 Å². The Morgan fingerprint density at radius 2 is 1.75 bits per heavy atom. The van der Waals surface area contributed by atoms with E-state index in [-0.39, 0.29) is 5.91 Å². The predicted octanol–water partition coefficient (Wildman–Crippen LogP) is 3.76. The van der Waals surface area contributed by atoms with Crippen LogP contribution in [0.4, 0.5) is 18.9 Å². The zero-order valence-electron chi connectivity index (χ0n) is 15.1. The van der Waals surface area contributed by atoms with Gasteiger partial charge in [-0.15, -0.1) is 0 Å². The minimum Gasteiger partial charge on any atom is -0.373 e. The van der Waals surface area contributed by atoms with Crippen LogP contribution in [-0.4, -0.2) is 35.8 Å². The van der Waals surface area contributed by atoms with Crippen molar-refractivity contribution >= 4 is 11.6 Å². The molecule has 146 valence electrons. The largest absolute Gasteiger partial charge is 0.435 e. The van der Waals surface area contributed by atoms with E-state index in [4.69, 9.17) is 0 Å². The zero-order chi connectivity index (χ0) is 20.1. The van der Waals surface area contributed by atoms with Crippen molar-refractivity contribution in [3.8, 4) is 5.69 Å². The molecule has 5 nitrogen and oxygen atoms in total. The summed E-state index contributed by atoms with van der Waals surface area (Å²) in [6.07, 6.45) is -3.25. The maximum absolute atomic E-state index is 12.6. The number of amides is 1. The number of alkyl halides is 3. The maximum atomic E-state index is 12.6. The fourth-order valence-electron chi connectivity index (χ4n) is 2.64. The maximum Gasteiger partial charge on any atom is 0.435 e. The Labute approximate surface area is 160 Å². The van der Waals surface area contributed by atoms with Gasteiger partial charge in [-0.25, -0.2) is 4.68 Å². The van der Waals surface area contributed by atoms with Crippen molar-refractivity contribution in [2.45, 2.75) is 6.18 Å². The molecule has 0 spiro atoms. The van der Waals surface area contributed by atoms with Crippen molar-refractivity contribution in [1.29, 1.82) is 0 Å². The molecular formula is C20H19F3N4O. The Balaban J connectivity index is 1.56. The molecule has 1 N–H and O–H groups in total. The molecule has 2 aromatic carbocycles. The summed E-state index contributed by atoms with van der Waals surface area (Å²) in [5.41, 5.74) is 0.959. The lowest BCUT2D eigenvalue weighted by Gasteiger charge is -2.19. The predicted molar refractivity (Wildman–Crippen MR) is 101 cm³/mol.